The molecule has 6 nitrogen and oxygen atoms in total. The van der Waals surface area contributed by atoms with Gasteiger partial charge in [0.15, 0.2) is 5.65 Å². The monoisotopic (exact) mass is 414 g/mol. The van der Waals surface area contributed by atoms with Crippen LogP contribution in [0.15, 0.2) is 36.5 Å². The summed E-state index contributed by atoms with van der Waals surface area (Å²) in [6.45, 7) is 10.3. The number of nitrogens with zero attached hydrogens (tertiary/aromatic N) is 2. The zero-order valence-electron chi connectivity index (χ0n) is 17.5. The molecule has 0 saturated carbocycles. The fraction of sp³-hybridized carbons (Fsp3) is 0.409. The molecule has 2 heterocycles. The Morgan fingerprint density at radius 2 is 2.00 bits per heavy atom. The van der Waals surface area contributed by atoms with Crippen molar-refractivity contribution in [2.45, 2.75) is 52.1 Å². The predicted molar refractivity (Wildman–Crippen MR) is 116 cm³/mol. The minimum absolute atomic E-state index is 0.251. The van der Waals surface area contributed by atoms with Crippen molar-refractivity contribution in [2.75, 3.05) is 6.54 Å². The molecular weight excluding hydrogens is 388 g/mol. The number of aromatic nitrogens is 3. The first-order valence-electron chi connectivity index (χ1n) is 9.69. The van der Waals surface area contributed by atoms with E-state index < -0.39 is 11.7 Å². The van der Waals surface area contributed by atoms with E-state index in [1.165, 1.54) is 0 Å². The first-order chi connectivity index (χ1) is 13.6. The van der Waals surface area contributed by atoms with Gasteiger partial charge in [0.05, 0.1) is 5.39 Å². The highest BCUT2D eigenvalue weighted by atomic mass is 35.5. The molecule has 1 aromatic carbocycles. The Balaban J connectivity index is 1.90. The zero-order valence-corrected chi connectivity index (χ0v) is 18.2. The van der Waals surface area contributed by atoms with Gasteiger partial charge < -0.3 is 10.1 Å². The van der Waals surface area contributed by atoms with Crippen molar-refractivity contribution < 1.29 is 9.53 Å². The van der Waals surface area contributed by atoms with Crippen molar-refractivity contribution in [3.05, 3.63) is 47.2 Å². The van der Waals surface area contributed by atoms with E-state index in [0.717, 1.165) is 28.5 Å². The second kappa shape index (κ2) is 8.03. The van der Waals surface area contributed by atoms with Crippen molar-refractivity contribution in [2.24, 2.45) is 0 Å². The molecule has 3 rings (SSSR count). The lowest BCUT2D eigenvalue weighted by Crippen LogP contribution is -2.41. The van der Waals surface area contributed by atoms with Gasteiger partial charge in [-0.05, 0) is 49.9 Å². The number of fused-ring (bicyclic) bond motifs is 1. The van der Waals surface area contributed by atoms with Crippen LogP contribution in [0.4, 0.5) is 4.79 Å². The summed E-state index contributed by atoms with van der Waals surface area (Å²) in [5.74, 6) is 0. The van der Waals surface area contributed by atoms with Gasteiger partial charge in [0.1, 0.15) is 10.8 Å². The van der Waals surface area contributed by atoms with E-state index in [9.17, 15) is 4.79 Å². The average molecular weight is 415 g/mol. The number of hydrogen-bond donors (Lipinski definition) is 2. The maximum Gasteiger partial charge on any atom is 0.407 e. The van der Waals surface area contributed by atoms with Gasteiger partial charge in [-0.1, -0.05) is 49.7 Å². The SMILES string of the molecule is CCC(C)(CNC(=O)OC(C)(C)C)c1cccc(-c2ccnc3n[nH]c(Cl)c23)c1. The van der Waals surface area contributed by atoms with Crippen LogP contribution in [0.1, 0.15) is 46.6 Å². The van der Waals surface area contributed by atoms with Crippen molar-refractivity contribution in [3.8, 4) is 11.1 Å². The smallest absolute Gasteiger partial charge is 0.407 e. The highest BCUT2D eigenvalue weighted by Gasteiger charge is 2.27. The fourth-order valence-electron chi connectivity index (χ4n) is 3.23. The summed E-state index contributed by atoms with van der Waals surface area (Å²) in [6.07, 6.45) is 2.17. The number of amides is 1. The van der Waals surface area contributed by atoms with E-state index in [2.05, 4.69) is 46.5 Å². The molecule has 1 atom stereocenters. The van der Waals surface area contributed by atoms with Gasteiger partial charge in [-0.15, -0.1) is 0 Å². The molecule has 2 N–H and O–H groups in total. The normalized spacial score (nSPS) is 13.9. The van der Waals surface area contributed by atoms with Gasteiger partial charge in [-0.3, -0.25) is 5.10 Å². The molecule has 0 bridgehead atoms. The summed E-state index contributed by atoms with van der Waals surface area (Å²) in [4.78, 5) is 16.4. The van der Waals surface area contributed by atoms with Gasteiger partial charge in [0.2, 0.25) is 0 Å². The number of alkyl carbamates (subject to hydrolysis) is 1. The minimum Gasteiger partial charge on any atom is -0.444 e. The zero-order chi connectivity index (χ0) is 21.2. The summed E-state index contributed by atoms with van der Waals surface area (Å²) >= 11 is 6.30. The molecule has 0 fully saturated rings. The standard InChI is InChI=1S/C22H27ClN4O2/c1-6-22(5,13-25-20(28)29-21(2,3)4)15-9-7-8-14(12-15)16-10-11-24-19-17(16)18(23)26-27-19/h7-12H,6,13H2,1-5H3,(H,25,28)(H,24,26,27). The second-order valence-electron chi connectivity index (χ2n) is 8.45. The largest absolute Gasteiger partial charge is 0.444 e. The first kappa shape index (κ1) is 21.1. The molecule has 7 heteroatoms. The highest BCUT2D eigenvalue weighted by Crippen LogP contribution is 2.34. The number of aromatic amines is 1. The summed E-state index contributed by atoms with van der Waals surface area (Å²) in [5.41, 5.74) is 2.92. The van der Waals surface area contributed by atoms with Crippen LogP contribution in [0.25, 0.3) is 22.2 Å². The maximum absolute atomic E-state index is 12.1. The lowest BCUT2D eigenvalue weighted by Gasteiger charge is -2.30. The number of carbonyl (C=O) groups is 1. The van der Waals surface area contributed by atoms with Gasteiger partial charge in [0, 0.05) is 18.2 Å². The number of halogens is 1. The number of benzene rings is 1. The Morgan fingerprint density at radius 1 is 1.24 bits per heavy atom. The molecule has 0 aliphatic carbocycles. The summed E-state index contributed by atoms with van der Waals surface area (Å²) in [5, 5.41) is 11.1. The van der Waals surface area contributed by atoms with Gasteiger partial charge >= 0.3 is 6.09 Å². The molecule has 0 aliphatic heterocycles. The summed E-state index contributed by atoms with van der Waals surface area (Å²) in [7, 11) is 0. The maximum atomic E-state index is 12.1. The topological polar surface area (TPSA) is 79.9 Å². The van der Waals surface area contributed by atoms with Crippen molar-refractivity contribution in [1.82, 2.24) is 20.5 Å². The highest BCUT2D eigenvalue weighted by molar-refractivity contribution is 6.35. The number of carbonyl (C=O) groups excluding carboxylic acids is 1. The summed E-state index contributed by atoms with van der Waals surface area (Å²) in [6, 6.07) is 10.2. The van der Waals surface area contributed by atoms with Crippen LogP contribution in [0, 0.1) is 0 Å². The number of hydrogen-bond acceptors (Lipinski definition) is 4. The van der Waals surface area contributed by atoms with E-state index in [0.29, 0.717) is 17.3 Å². The number of ether oxygens (including phenoxy) is 1. The van der Waals surface area contributed by atoms with E-state index in [-0.39, 0.29) is 5.41 Å². The lowest BCUT2D eigenvalue weighted by atomic mass is 9.79. The summed E-state index contributed by atoms with van der Waals surface area (Å²) < 4.78 is 5.38. The molecule has 3 aromatic rings. The van der Waals surface area contributed by atoms with Crippen LogP contribution in [0.3, 0.4) is 0 Å². The first-order valence-corrected chi connectivity index (χ1v) is 10.1. The Labute approximate surface area is 176 Å². The third-order valence-electron chi connectivity index (χ3n) is 5.08. The van der Waals surface area contributed by atoms with Gasteiger partial charge in [-0.25, -0.2) is 9.78 Å². The minimum atomic E-state index is -0.525. The Hall–Kier alpha value is -2.60. The molecule has 0 aliphatic rings. The Morgan fingerprint density at radius 3 is 2.69 bits per heavy atom. The van der Waals surface area contributed by atoms with Crippen LogP contribution in [-0.4, -0.2) is 33.4 Å². The molecule has 0 spiro atoms. The Kier molecular flexibility index (Phi) is 5.85. The van der Waals surface area contributed by atoms with Gasteiger partial charge in [0.25, 0.3) is 0 Å². The number of rotatable bonds is 5. The molecule has 1 amide bonds. The van der Waals surface area contributed by atoms with Crippen LogP contribution in [-0.2, 0) is 10.2 Å². The van der Waals surface area contributed by atoms with Crippen molar-refractivity contribution in [1.29, 1.82) is 0 Å². The predicted octanol–water partition coefficient (Wildman–Crippen LogP) is 5.47. The second-order valence-corrected chi connectivity index (χ2v) is 8.82. The number of nitrogens with one attached hydrogen (secondary N) is 2. The Bertz CT molecular complexity index is 1030. The third kappa shape index (κ3) is 4.70. The quantitative estimate of drug-likeness (QED) is 0.580. The lowest BCUT2D eigenvalue weighted by molar-refractivity contribution is 0.0515. The average Bonchev–Trinajstić information content (AvgIpc) is 3.06. The molecule has 2 aromatic heterocycles. The van der Waals surface area contributed by atoms with Crippen LogP contribution >= 0.6 is 11.6 Å². The van der Waals surface area contributed by atoms with Gasteiger partial charge in [-0.2, -0.15) is 5.10 Å². The third-order valence-corrected chi connectivity index (χ3v) is 5.36. The van der Waals surface area contributed by atoms with E-state index >= 15 is 0 Å². The molecule has 1 unspecified atom stereocenters. The molecule has 0 radical (unpaired) electrons. The van der Waals surface area contributed by atoms with E-state index in [4.69, 9.17) is 16.3 Å². The number of pyridine rings is 1. The van der Waals surface area contributed by atoms with Crippen molar-refractivity contribution >= 4 is 28.7 Å². The molecule has 29 heavy (non-hydrogen) atoms. The van der Waals surface area contributed by atoms with Crippen LogP contribution < -0.4 is 5.32 Å². The molecule has 0 saturated heterocycles. The fourth-order valence-corrected chi connectivity index (χ4v) is 3.45. The van der Waals surface area contributed by atoms with Crippen molar-refractivity contribution in [3.63, 3.8) is 0 Å². The number of H-pyrrole nitrogens is 1. The van der Waals surface area contributed by atoms with E-state index in [1.807, 2.05) is 39.0 Å². The van der Waals surface area contributed by atoms with E-state index in [1.54, 1.807) is 6.20 Å². The molecule has 154 valence electrons. The van der Waals surface area contributed by atoms with Crippen LogP contribution in [0.5, 0.6) is 0 Å². The van der Waals surface area contributed by atoms with Crippen LogP contribution in [0.2, 0.25) is 5.15 Å². The molecular formula is C22H27ClN4O2.